The van der Waals surface area contributed by atoms with Gasteiger partial charge in [-0.3, -0.25) is 0 Å². The smallest absolute Gasteiger partial charge is 0.340 e. The van der Waals surface area contributed by atoms with E-state index in [1.165, 1.54) is 32.8 Å². The van der Waals surface area contributed by atoms with Crippen LogP contribution >= 0.6 is 0 Å². The second kappa shape index (κ2) is 5.31. The summed E-state index contributed by atoms with van der Waals surface area (Å²) in [7, 11) is 1.35. The van der Waals surface area contributed by atoms with Crippen LogP contribution in [0.4, 0.5) is 11.5 Å². The van der Waals surface area contributed by atoms with Gasteiger partial charge < -0.3 is 15.8 Å². The van der Waals surface area contributed by atoms with E-state index < -0.39 is 5.97 Å². The summed E-state index contributed by atoms with van der Waals surface area (Å²) >= 11 is 0. The summed E-state index contributed by atoms with van der Waals surface area (Å²) in [5.74, 6) is 2.68. The van der Waals surface area contributed by atoms with E-state index in [1.807, 2.05) is 0 Å². The number of pyridine rings is 1. The number of fused-ring (bicyclic) bond motifs is 2. The van der Waals surface area contributed by atoms with Gasteiger partial charge in [-0.2, -0.15) is 0 Å². The van der Waals surface area contributed by atoms with E-state index in [-0.39, 0.29) is 0 Å². The van der Waals surface area contributed by atoms with Gasteiger partial charge in [0.2, 0.25) is 0 Å². The normalized spacial score (nSPS) is 27.6. The molecule has 0 aliphatic heterocycles. The second-order valence-electron chi connectivity index (χ2n) is 5.93. The molecule has 5 heteroatoms. The lowest BCUT2D eigenvalue weighted by atomic mass is 9.89. The molecular weight excluding hydrogens is 254 g/mol. The maximum absolute atomic E-state index is 11.6. The Morgan fingerprint density at radius 1 is 1.50 bits per heavy atom. The van der Waals surface area contributed by atoms with Crippen LogP contribution in [0.15, 0.2) is 12.3 Å². The number of nitrogen functional groups attached to an aromatic ring is 1. The summed E-state index contributed by atoms with van der Waals surface area (Å²) < 4.78 is 4.72. The molecule has 3 atom stereocenters. The lowest BCUT2D eigenvalue weighted by Crippen LogP contribution is -2.21. The van der Waals surface area contributed by atoms with Crippen molar-refractivity contribution in [1.29, 1.82) is 0 Å². The molecule has 108 valence electrons. The molecule has 0 spiro atoms. The zero-order chi connectivity index (χ0) is 14.1. The number of nitrogens with two attached hydrogens (primary N) is 1. The molecule has 2 aliphatic carbocycles. The summed E-state index contributed by atoms with van der Waals surface area (Å²) in [6.45, 7) is 0.892. The average molecular weight is 275 g/mol. The highest BCUT2D eigenvalue weighted by molar-refractivity contribution is 5.97. The Bertz CT molecular complexity index is 518. The molecule has 2 saturated carbocycles. The fourth-order valence-corrected chi connectivity index (χ4v) is 3.76. The van der Waals surface area contributed by atoms with E-state index in [4.69, 9.17) is 10.5 Å². The molecule has 0 radical (unpaired) electrons. The van der Waals surface area contributed by atoms with Crippen molar-refractivity contribution in [1.82, 2.24) is 4.98 Å². The number of hydrogen-bond acceptors (Lipinski definition) is 5. The number of anilines is 2. The van der Waals surface area contributed by atoms with Crippen LogP contribution in [-0.2, 0) is 4.74 Å². The first-order valence-electron chi connectivity index (χ1n) is 7.25. The Kier molecular flexibility index (Phi) is 3.51. The van der Waals surface area contributed by atoms with Crippen molar-refractivity contribution in [3.8, 4) is 0 Å². The van der Waals surface area contributed by atoms with Crippen LogP contribution < -0.4 is 11.1 Å². The van der Waals surface area contributed by atoms with Crippen molar-refractivity contribution in [2.75, 3.05) is 24.7 Å². The van der Waals surface area contributed by atoms with Crippen LogP contribution in [0.25, 0.3) is 0 Å². The molecule has 1 heterocycles. The Hall–Kier alpha value is -1.78. The number of rotatable bonds is 4. The highest BCUT2D eigenvalue weighted by Gasteiger charge is 2.39. The van der Waals surface area contributed by atoms with Crippen LogP contribution in [0.2, 0.25) is 0 Å². The fourth-order valence-electron chi connectivity index (χ4n) is 3.76. The van der Waals surface area contributed by atoms with Gasteiger partial charge in [-0.15, -0.1) is 0 Å². The minimum atomic E-state index is -0.423. The van der Waals surface area contributed by atoms with Crippen molar-refractivity contribution < 1.29 is 9.53 Å². The molecule has 3 rings (SSSR count). The van der Waals surface area contributed by atoms with Gasteiger partial charge in [0.25, 0.3) is 0 Å². The first-order chi connectivity index (χ1) is 9.69. The molecule has 2 bridgehead atoms. The van der Waals surface area contributed by atoms with Crippen molar-refractivity contribution in [3.63, 3.8) is 0 Å². The molecule has 3 N–H and O–H groups in total. The molecule has 20 heavy (non-hydrogen) atoms. The monoisotopic (exact) mass is 275 g/mol. The van der Waals surface area contributed by atoms with Crippen LogP contribution in [0.3, 0.4) is 0 Å². The van der Waals surface area contributed by atoms with E-state index >= 15 is 0 Å². The van der Waals surface area contributed by atoms with E-state index in [9.17, 15) is 4.79 Å². The molecule has 5 nitrogen and oxygen atoms in total. The average Bonchev–Trinajstić information content (AvgIpc) is 3.08. The van der Waals surface area contributed by atoms with E-state index in [1.54, 1.807) is 12.3 Å². The minimum Gasteiger partial charge on any atom is -0.465 e. The zero-order valence-electron chi connectivity index (χ0n) is 11.8. The summed E-state index contributed by atoms with van der Waals surface area (Å²) in [5.41, 5.74) is 6.75. The Labute approximate surface area is 118 Å². The minimum absolute atomic E-state index is 0.373. The largest absolute Gasteiger partial charge is 0.465 e. The lowest BCUT2D eigenvalue weighted by molar-refractivity contribution is 0.0602. The third-order valence-corrected chi connectivity index (χ3v) is 4.81. The number of aromatic nitrogens is 1. The van der Waals surface area contributed by atoms with Crippen molar-refractivity contribution in [2.45, 2.75) is 25.7 Å². The summed E-state index contributed by atoms with van der Waals surface area (Å²) in [4.78, 5) is 15.8. The summed E-state index contributed by atoms with van der Waals surface area (Å²) in [6.07, 6.45) is 7.05. The molecule has 2 fully saturated rings. The topological polar surface area (TPSA) is 77.2 Å². The molecule has 1 aromatic rings. The van der Waals surface area contributed by atoms with Gasteiger partial charge >= 0.3 is 5.97 Å². The number of ether oxygens (including phenoxy) is 1. The van der Waals surface area contributed by atoms with Crippen LogP contribution in [-0.4, -0.2) is 24.6 Å². The lowest BCUT2D eigenvalue weighted by Gasteiger charge is -2.22. The molecule has 0 saturated heterocycles. The highest BCUT2D eigenvalue weighted by Crippen LogP contribution is 2.48. The van der Waals surface area contributed by atoms with Crippen molar-refractivity contribution in [2.24, 2.45) is 17.8 Å². The second-order valence-corrected chi connectivity index (χ2v) is 5.93. The molecule has 3 unspecified atom stereocenters. The molecule has 0 aromatic carbocycles. The molecule has 1 aromatic heterocycles. The standard InChI is InChI=1S/C15H21N3O2/c1-20-15(19)12-4-5-17-14(13(12)16)18-8-11-7-9-2-3-10(11)6-9/h4-5,9-11H,2-3,6-8,16H2,1H3,(H,17,18). The predicted octanol–water partition coefficient (Wildman–Crippen LogP) is 2.30. The van der Waals surface area contributed by atoms with Gasteiger partial charge in [-0.05, 0) is 43.1 Å². The summed E-state index contributed by atoms with van der Waals surface area (Å²) in [6, 6.07) is 1.59. The van der Waals surface area contributed by atoms with E-state index in [0.717, 1.165) is 24.3 Å². The number of hydrogen-bond donors (Lipinski definition) is 2. The molecular formula is C15H21N3O2. The van der Waals surface area contributed by atoms with Crippen LogP contribution in [0, 0.1) is 17.8 Å². The number of nitrogens with one attached hydrogen (secondary N) is 1. The van der Waals surface area contributed by atoms with Crippen molar-refractivity contribution in [3.05, 3.63) is 17.8 Å². The quantitative estimate of drug-likeness (QED) is 0.824. The van der Waals surface area contributed by atoms with Gasteiger partial charge in [0, 0.05) is 12.7 Å². The van der Waals surface area contributed by atoms with Gasteiger partial charge in [-0.1, -0.05) is 6.42 Å². The first kappa shape index (κ1) is 13.2. The maximum atomic E-state index is 11.6. The third kappa shape index (κ3) is 2.32. The Morgan fingerprint density at radius 3 is 3.00 bits per heavy atom. The van der Waals surface area contributed by atoms with Gasteiger partial charge in [0.05, 0.1) is 18.4 Å². The zero-order valence-corrected chi connectivity index (χ0v) is 11.8. The SMILES string of the molecule is COC(=O)c1ccnc(NCC2CC3CCC2C3)c1N. The molecule has 0 amide bonds. The predicted molar refractivity (Wildman–Crippen MR) is 77.4 cm³/mol. The third-order valence-electron chi connectivity index (χ3n) is 4.81. The Morgan fingerprint density at radius 2 is 2.35 bits per heavy atom. The number of esters is 1. The fraction of sp³-hybridized carbons (Fsp3) is 0.600. The number of methoxy groups -OCH3 is 1. The highest BCUT2D eigenvalue weighted by atomic mass is 16.5. The first-order valence-corrected chi connectivity index (χ1v) is 7.25. The van der Waals surface area contributed by atoms with Crippen molar-refractivity contribution >= 4 is 17.5 Å². The Balaban J connectivity index is 1.67. The maximum Gasteiger partial charge on any atom is 0.340 e. The van der Waals surface area contributed by atoms with Crippen LogP contribution in [0.1, 0.15) is 36.0 Å². The number of carbonyl (C=O) groups excluding carboxylic acids is 1. The number of nitrogens with zero attached hydrogens (tertiary/aromatic N) is 1. The van der Waals surface area contributed by atoms with Gasteiger partial charge in [-0.25, -0.2) is 9.78 Å². The van der Waals surface area contributed by atoms with Crippen LogP contribution in [0.5, 0.6) is 0 Å². The molecule has 2 aliphatic rings. The summed E-state index contributed by atoms with van der Waals surface area (Å²) in [5, 5.41) is 3.32. The van der Waals surface area contributed by atoms with Gasteiger partial charge in [0.15, 0.2) is 0 Å². The van der Waals surface area contributed by atoms with E-state index in [2.05, 4.69) is 10.3 Å². The van der Waals surface area contributed by atoms with E-state index in [0.29, 0.717) is 17.1 Å². The van der Waals surface area contributed by atoms with Gasteiger partial charge in [0.1, 0.15) is 5.82 Å². The number of carbonyl (C=O) groups is 1.